The van der Waals surface area contributed by atoms with Crippen LogP contribution in [0.2, 0.25) is 0 Å². The summed E-state index contributed by atoms with van der Waals surface area (Å²) in [5, 5.41) is 9.62. The molecule has 0 saturated carbocycles. The first-order valence-corrected chi connectivity index (χ1v) is 7.72. The van der Waals surface area contributed by atoms with E-state index in [1.54, 1.807) is 0 Å². The average molecular weight is 344 g/mol. The number of carbonyl (C=O) groups excluding carboxylic acids is 1. The van der Waals surface area contributed by atoms with E-state index in [1.165, 1.54) is 6.20 Å². The van der Waals surface area contributed by atoms with E-state index in [4.69, 9.17) is 0 Å². The molecule has 0 bridgehead atoms. The maximum Gasteiger partial charge on any atom is 0.437 e. The third-order valence-electron chi connectivity index (χ3n) is 3.85. The Bertz CT molecular complexity index is 702. The molecule has 0 aliphatic carbocycles. The van der Waals surface area contributed by atoms with Crippen LogP contribution in [-0.4, -0.2) is 20.8 Å². The second kappa shape index (κ2) is 7.06. The molecule has 0 aliphatic rings. The number of nitrogens with one attached hydrogen (secondary N) is 1. The maximum absolute atomic E-state index is 12.8. The fraction of sp³-hybridized carbons (Fsp3) is 0.533. The van der Waals surface area contributed by atoms with Crippen molar-refractivity contribution in [2.45, 2.75) is 52.3 Å². The van der Waals surface area contributed by atoms with E-state index >= 15 is 0 Å². The second-order valence-corrected chi connectivity index (χ2v) is 5.30. The highest BCUT2D eigenvalue weighted by molar-refractivity contribution is 6.05. The Labute approximate surface area is 137 Å². The Balaban J connectivity index is 2.29. The normalized spacial score (nSPS) is 12.0. The first-order chi connectivity index (χ1) is 11.3. The van der Waals surface area contributed by atoms with Crippen LogP contribution in [0.15, 0.2) is 17.0 Å². The van der Waals surface area contributed by atoms with Gasteiger partial charge in [-0.05, 0) is 19.3 Å². The van der Waals surface area contributed by atoms with Gasteiger partial charge < -0.3 is 9.84 Å². The third-order valence-corrected chi connectivity index (χ3v) is 3.85. The van der Waals surface area contributed by atoms with Crippen molar-refractivity contribution in [3.63, 3.8) is 0 Å². The third kappa shape index (κ3) is 3.44. The van der Waals surface area contributed by atoms with Crippen LogP contribution in [0.5, 0.6) is 0 Å². The van der Waals surface area contributed by atoms with Crippen LogP contribution in [0.25, 0.3) is 0 Å². The number of carbonyl (C=O) groups is 1. The largest absolute Gasteiger partial charge is 0.437 e. The lowest BCUT2D eigenvalue weighted by atomic mass is 10.1. The molecule has 0 radical (unpaired) electrons. The summed E-state index contributed by atoms with van der Waals surface area (Å²) < 4.78 is 44.6. The standard InChI is InChI=1S/C15H19F3N4O2/c1-4-9(5-2)22-12(6-3)11(7-19-22)20-14(23)10-8-24-21-13(10)15(16,17)18/h7-9H,4-6H2,1-3H3,(H,20,23). The monoisotopic (exact) mass is 344 g/mol. The van der Waals surface area contributed by atoms with Gasteiger partial charge >= 0.3 is 6.18 Å². The molecule has 0 aromatic carbocycles. The predicted molar refractivity (Wildman–Crippen MR) is 80.7 cm³/mol. The van der Waals surface area contributed by atoms with Gasteiger partial charge in [-0.3, -0.25) is 9.48 Å². The zero-order valence-corrected chi connectivity index (χ0v) is 13.6. The molecule has 0 fully saturated rings. The molecule has 9 heteroatoms. The van der Waals surface area contributed by atoms with E-state index in [1.807, 2.05) is 25.5 Å². The molecule has 0 saturated heterocycles. The molecule has 2 aromatic rings. The summed E-state index contributed by atoms with van der Waals surface area (Å²) in [6, 6.07) is 0.173. The van der Waals surface area contributed by atoms with Gasteiger partial charge in [-0.25, -0.2) is 0 Å². The molecule has 0 aliphatic heterocycles. The summed E-state index contributed by atoms with van der Waals surface area (Å²) in [4.78, 5) is 12.2. The Kier molecular flexibility index (Phi) is 5.30. The lowest BCUT2D eigenvalue weighted by Gasteiger charge is -2.17. The number of halogens is 3. The molecule has 6 nitrogen and oxygen atoms in total. The van der Waals surface area contributed by atoms with E-state index in [2.05, 4.69) is 20.1 Å². The van der Waals surface area contributed by atoms with E-state index in [0.717, 1.165) is 18.5 Å². The van der Waals surface area contributed by atoms with Crippen molar-refractivity contribution in [3.05, 3.63) is 29.4 Å². The van der Waals surface area contributed by atoms with E-state index < -0.39 is 23.3 Å². The number of nitrogens with zero attached hydrogens (tertiary/aromatic N) is 3. The highest BCUT2D eigenvalue weighted by Gasteiger charge is 2.39. The molecule has 0 unspecified atom stereocenters. The molecule has 132 valence electrons. The fourth-order valence-electron chi connectivity index (χ4n) is 2.59. The zero-order valence-electron chi connectivity index (χ0n) is 13.6. The summed E-state index contributed by atoms with van der Waals surface area (Å²) in [6.45, 7) is 5.95. The first-order valence-electron chi connectivity index (χ1n) is 7.72. The van der Waals surface area contributed by atoms with Crippen LogP contribution in [-0.2, 0) is 12.6 Å². The van der Waals surface area contributed by atoms with E-state index in [0.29, 0.717) is 18.4 Å². The lowest BCUT2D eigenvalue weighted by Crippen LogP contribution is -2.19. The Morgan fingerprint density at radius 2 is 2.00 bits per heavy atom. The zero-order chi connectivity index (χ0) is 17.9. The van der Waals surface area contributed by atoms with Crippen molar-refractivity contribution in [1.29, 1.82) is 0 Å². The van der Waals surface area contributed by atoms with Crippen LogP contribution in [0.3, 0.4) is 0 Å². The van der Waals surface area contributed by atoms with Crippen LogP contribution < -0.4 is 5.32 Å². The number of anilines is 1. The number of hydrogen-bond acceptors (Lipinski definition) is 4. The summed E-state index contributed by atoms with van der Waals surface area (Å²) in [6.07, 6.45) is -0.301. The van der Waals surface area contributed by atoms with Gasteiger partial charge in [0.15, 0.2) is 5.69 Å². The minimum Gasteiger partial charge on any atom is -0.363 e. The van der Waals surface area contributed by atoms with Crippen molar-refractivity contribution >= 4 is 11.6 Å². The summed E-state index contributed by atoms with van der Waals surface area (Å²) in [5.41, 5.74) is -0.837. The van der Waals surface area contributed by atoms with Crippen molar-refractivity contribution < 1.29 is 22.5 Å². The van der Waals surface area contributed by atoms with Crippen LogP contribution in [0.4, 0.5) is 18.9 Å². The number of alkyl halides is 3. The van der Waals surface area contributed by atoms with Gasteiger partial charge in [0, 0.05) is 0 Å². The van der Waals surface area contributed by atoms with E-state index in [-0.39, 0.29) is 6.04 Å². The van der Waals surface area contributed by atoms with Gasteiger partial charge in [0.2, 0.25) is 0 Å². The molecule has 2 aromatic heterocycles. The van der Waals surface area contributed by atoms with Gasteiger partial charge in [0.25, 0.3) is 5.91 Å². The summed E-state index contributed by atoms with van der Waals surface area (Å²) >= 11 is 0. The predicted octanol–water partition coefficient (Wildman–Crippen LogP) is 4.07. The van der Waals surface area contributed by atoms with Crippen LogP contribution >= 0.6 is 0 Å². The van der Waals surface area contributed by atoms with Crippen LogP contribution in [0.1, 0.15) is 61.4 Å². The maximum atomic E-state index is 12.8. The Morgan fingerprint density at radius 3 is 2.54 bits per heavy atom. The van der Waals surface area contributed by atoms with Crippen molar-refractivity contribution in [1.82, 2.24) is 14.9 Å². The Morgan fingerprint density at radius 1 is 1.33 bits per heavy atom. The first kappa shape index (κ1) is 18.0. The summed E-state index contributed by atoms with van der Waals surface area (Å²) in [5.74, 6) is -0.928. The van der Waals surface area contributed by atoms with Gasteiger partial charge in [-0.15, -0.1) is 0 Å². The van der Waals surface area contributed by atoms with Crippen molar-refractivity contribution in [2.75, 3.05) is 5.32 Å². The minimum atomic E-state index is -4.76. The number of amides is 1. The SMILES string of the molecule is CCc1c(NC(=O)c2conc2C(F)(F)F)cnn1C(CC)CC. The molecule has 1 amide bonds. The smallest absolute Gasteiger partial charge is 0.363 e. The van der Waals surface area contributed by atoms with Gasteiger partial charge in [-0.1, -0.05) is 25.9 Å². The molecule has 2 rings (SSSR count). The van der Waals surface area contributed by atoms with Gasteiger partial charge in [0.1, 0.15) is 11.8 Å². The highest BCUT2D eigenvalue weighted by atomic mass is 19.4. The molecular weight excluding hydrogens is 325 g/mol. The van der Waals surface area contributed by atoms with Gasteiger partial charge in [-0.2, -0.15) is 18.3 Å². The number of aromatic nitrogens is 3. The van der Waals surface area contributed by atoms with Gasteiger partial charge in [0.05, 0.1) is 23.6 Å². The van der Waals surface area contributed by atoms with Crippen molar-refractivity contribution in [2.24, 2.45) is 0 Å². The minimum absolute atomic E-state index is 0.173. The molecule has 24 heavy (non-hydrogen) atoms. The topological polar surface area (TPSA) is 73.0 Å². The molecule has 2 heterocycles. The lowest BCUT2D eigenvalue weighted by molar-refractivity contribution is -0.143. The number of rotatable bonds is 6. The Hall–Kier alpha value is -2.32. The molecule has 0 atom stereocenters. The molecular formula is C15H19F3N4O2. The van der Waals surface area contributed by atoms with Crippen LogP contribution in [0, 0.1) is 0 Å². The molecule has 1 N–H and O–H groups in total. The van der Waals surface area contributed by atoms with Crippen molar-refractivity contribution in [3.8, 4) is 0 Å². The van der Waals surface area contributed by atoms with E-state index in [9.17, 15) is 18.0 Å². The fourth-order valence-corrected chi connectivity index (χ4v) is 2.59. The number of hydrogen-bond donors (Lipinski definition) is 1. The average Bonchev–Trinajstić information content (AvgIpc) is 3.15. The highest BCUT2D eigenvalue weighted by Crippen LogP contribution is 2.31. The summed E-state index contributed by atoms with van der Waals surface area (Å²) in [7, 11) is 0. The second-order valence-electron chi connectivity index (χ2n) is 5.30. The molecule has 0 spiro atoms. The quantitative estimate of drug-likeness (QED) is 0.857.